The van der Waals surface area contributed by atoms with Gasteiger partial charge in [-0.1, -0.05) is 27.2 Å². The molecule has 2 atom stereocenters. The van der Waals surface area contributed by atoms with Crippen LogP contribution in [0.5, 0.6) is 0 Å². The molecule has 1 aliphatic heterocycles. The summed E-state index contributed by atoms with van der Waals surface area (Å²) in [5, 5.41) is 11.3. The standard InChI is InChI=1S/C17H34N2O/c1-4-15-5-6-16(11-15,13-18)17(20)7-9-19(10-8-17)12-14(2)3/h14-15,20H,4-13,18H2,1-3H3. The van der Waals surface area contributed by atoms with Crippen molar-refractivity contribution >= 4 is 0 Å². The second-order valence-corrected chi connectivity index (χ2v) is 7.73. The zero-order valence-corrected chi connectivity index (χ0v) is 13.7. The van der Waals surface area contributed by atoms with Gasteiger partial charge in [0.2, 0.25) is 0 Å². The molecule has 1 saturated carbocycles. The third-order valence-electron chi connectivity index (χ3n) is 5.97. The van der Waals surface area contributed by atoms with E-state index in [1.54, 1.807) is 0 Å². The lowest BCUT2D eigenvalue weighted by Gasteiger charge is -2.49. The van der Waals surface area contributed by atoms with Crippen molar-refractivity contribution < 1.29 is 5.11 Å². The molecule has 1 heterocycles. The van der Waals surface area contributed by atoms with Crippen LogP contribution >= 0.6 is 0 Å². The van der Waals surface area contributed by atoms with Crippen LogP contribution in [0.1, 0.15) is 59.3 Å². The van der Waals surface area contributed by atoms with E-state index in [1.807, 2.05) is 0 Å². The first-order chi connectivity index (χ1) is 9.44. The molecule has 0 aromatic carbocycles. The van der Waals surface area contributed by atoms with Gasteiger partial charge in [0, 0.05) is 31.6 Å². The topological polar surface area (TPSA) is 49.5 Å². The molecule has 1 aliphatic carbocycles. The van der Waals surface area contributed by atoms with Gasteiger partial charge in [0.1, 0.15) is 0 Å². The van der Waals surface area contributed by atoms with Crippen molar-refractivity contribution in [3.05, 3.63) is 0 Å². The van der Waals surface area contributed by atoms with Gasteiger partial charge in [-0.3, -0.25) is 0 Å². The van der Waals surface area contributed by atoms with E-state index in [0.29, 0.717) is 12.5 Å². The second kappa shape index (κ2) is 6.33. The summed E-state index contributed by atoms with van der Waals surface area (Å²) < 4.78 is 0. The first-order valence-corrected chi connectivity index (χ1v) is 8.59. The average Bonchev–Trinajstić information content (AvgIpc) is 2.86. The highest BCUT2D eigenvalue weighted by Crippen LogP contribution is 2.52. The molecule has 0 bridgehead atoms. The molecular formula is C17H34N2O. The molecule has 0 radical (unpaired) electrons. The van der Waals surface area contributed by atoms with E-state index in [4.69, 9.17) is 5.73 Å². The molecule has 118 valence electrons. The van der Waals surface area contributed by atoms with Gasteiger partial charge in [-0.15, -0.1) is 0 Å². The predicted octanol–water partition coefficient (Wildman–Crippen LogP) is 2.62. The molecule has 0 amide bonds. The molecule has 3 nitrogen and oxygen atoms in total. The van der Waals surface area contributed by atoms with E-state index >= 15 is 0 Å². The van der Waals surface area contributed by atoms with Crippen molar-refractivity contribution in [2.75, 3.05) is 26.2 Å². The summed E-state index contributed by atoms with van der Waals surface area (Å²) in [6.45, 7) is 10.7. The molecule has 0 aromatic heterocycles. The molecule has 0 spiro atoms. The Hall–Kier alpha value is -0.120. The summed E-state index contributed by atoms with van der Waals surface area (Å²) in [6.07, 6.45) is 6.58. The maximum atomic E-state index is 11.3. The molecule has 3 N–H and O–H groups in total. The van der Waals surface area contributed by atoms with Crippen LogP contribution in [0.3, 0.4) is 0 Å². The summed E-state index contributed by atoms with van der Waals surface area (Å²) in [5.41, 5.74) is 5.63. The third-order valence-corrected chi connectivity index (χ3v) is 5.97. The Labute approximate surface area is 124 Å². The van der Waals surface area contributed by atoms with Crippen molar-refractivity contribution in [3.8, 4) is 0 Å². The number of nitrogens with zero attached hydrogens (tertiary/aromatic N) is 1. The molecule has 2 fully saturated rings. The van der Waals surface area contributed by atoms with Crippen molar-refractivity contribution in [2.45, 2.75) is 64.9 Å². The minimum absolute atomic E-state index is 0.00238. The maximum Gasteiger partial charge on any atom is 0.0740 e. The molecule has 2 rings (SSSR count). The number of piperidine rings is 1. The van der Waals surface area contributed by atoms with E-state index in [9.17, 15) is 5.11 Å². The fourth-order valence-electron chi connectivity index (χ4n) is 4.54. The van der Waals surface area contributed by atoms with Crippen LogP contribution in [0.2, 0.25) is 0 Å². The molecule has 20 heavy (non-hydrogen) atoms. The second-order valence-electron chi connectivity index (χ2n) is 7.73. The van der Waals surface area contributed by atoms with Crippen LogP contribution in [0, 0.1) is 17.3 Å². The van der Waals surface area contributed by atoms with Gasteiger partial charge in [-0.25, -0.2) is 0 Å². The van der Waals surface area contributed by atoms with E-state index in [-0.39, 0.29) is 5.41 Å². The van der Waals surface area contributed by atoms with Crippen molar-refractivity contribution in [1.82, 2.24) is 4.90 Å². The summed E-state index contributed by atoms with van der Waals surface area (Å²) in [4.78, 5) is 2.51. The highest BCUT2D eigenvalue weighted by molar-refractivity contribution is 5.06. The van der Waals surface area contributed by atoms with Gasteiger partial charge in [-0.2, -0.15) is 0 Å². The first kappa shape index (κ1) is 16.3. The normalized spacial score (nSPS) is 34.8. The average molecular weight is 282 g/mol. The highest BCUT2D eigenvalue weighted by Gasteiger charge is 2.53. The highest BCUT2D eigenvalue weighted by atomic mass is 16.3. The van der Waals surface area contributed by atoms with Gasteiger partial charge in [0.15, 0.2) is 0 Å². The van der Waals surface area contributed by atoms with E-state index < -0.39 is 5.60 Å². The summed E-state index contributed by atoms with van der Waals surface area (Å²) in [7, 11) is 0. The Morgan fingerprint density at radius 1 is 1.25 bits per heavy atom. The van der Waals surface area contributed by atoms with Crippen LogP contribution in [-0.2, 0) is 0 Å². The number of hydrogen-bond donors (Lipinski definition) is 2. The Morgan fingerprint density at radius 2 is 1.90 bits per heavy atom. The number of aliphatic hydroxyl groups is 1. The fourth-order valence-corrected chi connectivity index (χ4v) is 4.54. The van der Waals surface area contributed by atoms with Crippen LogP contribution in [0.25, 0.3) is 0 Å². The SMILES string of the molecule is CCC1CCC(CN)(C2(O)CCN(CC(C)C)CC2)C1. The van der Waals surface area contributed by atoms with Crippen LogP contribution in [0.15, 0.2) is 0 Å². The lowest BCUT2D eigenvalue weighted by molar-refractivity contribution is -0.118. The van der Waals surface area contributed by atoms with Crippen molar-refractivity contribution in [2.24, 2.45) is 23.0 Å². The van der Waals surface area contributed by atoms with Crippen LogP contribution in [0.4, 0.5) is 0 Å². The third kappa shape index (κ3) is 3.05. The van der Waals surface area contributed by atoms with Crippen molar-refractivity contribution in [3.63, 3.8) is 0 Å². The number of nitrogens with two attached hydrogens (primary N) is 1. The predicted molar refractivity (Wildman–Crippen MR) is 84.6 cm³/mol. The zero-order chi connectivity index (χ0) is 14.8. The Bertz CT molecular complexity index is 310. The molecule has 2 aliphatic rings. The first-order valence-electron chi connectivity index (χ1n) is 8.59. The smallest absolute Gasteiger partial charge is 0.0740 e. The quantitative estimate of drug-likeness (QED) is 0.815. The summed E-state index contributed by atoms with van der Waals surface area (Å²) in [6, 6.07) is 0. The van der Waals surface area contributed by atoms with Crippen LogP contribution in [-0.4, -0.2) is 41.8 Å². The molecule has 2 unspecified atom stereocenters. The minimum atomic E-state index is -0.515. The van der Waals surface area contributed by atoms with Gasteiger partial charge in [0.05, 0.1) is 5.60 Å². The zero-order valence-electron chi connectivity index (χ0n) is 13.7. The number of hydrogen-bond acceptors (Lipinski definition) is 3. The molecular weight excluding hydrogens is 248 g/mol. The summed E-state index contributed by atoms with van der Waals surface area (Å²) in [5.74, 6) is 1.48. The minimum Gasteiger partial charge on any atom is -0.389 e. The van der Waals surface area contributed by atoms with Gasteiger partial charge in [-0.05, 0) is 43.9 Å². The van der Waals surface area contributed by atoms with Crippen molar-refractivity contribution in [1.29, 1.82) is 0 Å². The van der Waals surface area contributed by atoms with E-state index in [2.05, 4.69) is 25.7 Å². The maximum absolute atomic E-state index is 11.3. The largest absolute Gasteiger partial charge is 0.389 e. The molecule has 1 saturated heterocycles. The van der Waals surface area contributed by atoms with Gasteiger partial charge in [0.25, 0.3) is 0 Å². The number of likely N-dealkylation sites (tertiary alicyclic amines) is 1. The van der Waals surface area contributed by atoms with E-state index in [1.165, 1.54) is 12.8 Å². The van der Waals surface area contributed by atoms with Crippen LogP contribution < -0.4 is 5.73 Å². The number of rotatable bonds is 5. The van der Waals surface area contributed by atoms with Gasteiger partial charge < -0.3 is 15.7 Å². The Morgan fingerprint density at radius 3 is 2.35 bits per heavy atom. The lowest BCUT2D eigenvalue weighted by Crippen LogP contribution is -2.57. The molecule has 0 aromatic rings. The monoisotopic (exact) mass is 282 g/mol. The molecule has 3 heteroatoms. The van der Waals surface area contributed by atoms with Gasteiger partial charge >= 0.3 is 0 Å². The summed E-state index contributed by atoms with van der Waals surface area (Å²) >= 11 is 0. The Balaban J connectivity index is 2.00. The van der Waals surface area contributed by atoms with E-state index in [0.717, 1.165) is 51.2 Å². The lowest BCUT2D eigenvalue weighted by atomic mass is 9.65. The Kier molecular flexibility index (Phi) is 5.14. The fraction of sp³-hybridized carbons (Fsp3) is 1.00.